The van der Waals surface area contributed by atoms with Crippen LogP contribution in [0.1, 0.15) is 35.2 Å². The molecule has 1 aromatic heterocycles. The van der Waals surface area contributed by atoms with Crippen LogP contribution in [0.2, 0.25) is 0 Å². The van der Waals surface area contributed by atoms with E-state index in [1.54, 1.807) is 17.2 Å². The number of aryl methyl sites for hydroxylation is 1. The number of hydrogen-bond acceptors (Lipinski definition) is 5. The van der Waals surface area contributed by atoms with Crippen molar-refractivity contribution < 1.29 is 24.2 Å². The summed E-state index contributed by atoms with van der Waals surface area (Å²) in [5.41, 5.74) is 0.277. The van der Waals surface area contributed by atoms with E-state index in [2.05, 4.69) is 5.32 Å². The molecule has 7 nitrogen and oxygen atoms in total. The zero-order valence-corrected chi connectivity index (χ0v) is 14.4. The van der Waals surface area contributed by atoms with Gasteiger partial charge < -0.3 is 14.7 Å². The summed E-state index contributed by atoms with van der Waals surface area (Å²) in [6, 6.07) is -0.364. The maximum atomic E-state index is 12.6. The Hall–Kier alpha value is -2.09. The predicted molar refractivity (Wildman–Crippen MR) is 88.4 cm³/mol. The number of nitrogens with one attached hydrogen (secondary N) is 1. The predicted octanol–water partition coefficient (Wildman–Crippen LogP) is 2.56. The average Bonchev–Trinajstić information content (AvgIpc) is 3.19. The second kappa shape index (κ2) is 6.08. The lowest BCUT2D eigenvalue weighted by atomic mass is 9.81. The molecule has 1 saturated carbocycles. The van der Waals surface area contributed by atoms with Crippen molar-refractivity contribution in [3.8, 4) is 0 Å². The summed E-state index contributed by atoms with van der Waals surface area (Å²) in [6.45, 7) is 2.44. The molecule has 2 atom stereocenters. The summed E-state index contributed by atoms with van der Waals surface area (Å²) in [5, 5.41) is 14.6. The van der Waals surface area contributed by atoms with Gasteiger partial charge in [-0.15, -0.1) is 11.3 Å². The molecular weight excluding hydrogens is 332 g/mol. The van der Waals surface area contributed by atoms with Crippen LogP contribution in [0.4, 0.5) is 9.80 Å². The second-order valence-electron chi connectivity index (χ2n) is 6.48. The fourth-order valence-electron chi connectivity index (χ4n) is 3.86. The molecule has 1 saturated heterocycles. The Morgan fingerprint density at radius 3 is 2.83 bits per heavy atom. The number of aliphatic carboxylic acids is 1. The summed E-state index contributed by atoms with van der Waals surface area (Å²) in [7, 11) is 1.29. The molecule has 2 aliphatic rings. The first-order valence-corrected chi connectivity index (χ1v) is 8.72. The van der Waals surface area contributed by atoms with Crippen LogP contribution in [0.5, 0.6) is 0 Å². The van der Waals surface area contributed by atoms with E-state index in [9.17, 15) is 19.5 Å². The molecule has 130 valence electrons. The van der Waals surface area contributed by atoms with Crippen LogP contribution in [0.25, 0.3) is 0 Å². The molecule has 0 radical (unpaired) electrons. The van der Waals surface area contributed by atoms with Gasteiger partial charge in [-0.25, -0.2) is 9.59 Å². The number of fused-ring (bicyclic) bond motifs is 1. The Balaban J connectivity index is 1.76. The molecule has 0 bridgehead atoms. The van der Waals surface area contributed by atoms with Gasteiger partial charge in [-0.05, 0) is 36.6 Å². The number of anilines is 1. The van der Waals surface area contributed by atoms with Gasteiger partial charge in [-0.2, -0.15) is 0 Å². The summed E-state index contributed by atoms with van der Waals surface area (Å²) >= 11 is 1.26. The number of carboxylic acid groups (broad SMARTS) is 1. The first-order valence-electron chi connectivity index (χ1n) is 7.85. The van der Waals surface area contributed by atoms with Crippen molar-refractivity contribution in [2.24, 2.45) is 11.3 Å². The minimum Gasteiger partial charge on any atom is -0.481 e. The summed E-state index contributed by atoms with van der Waals surface area (Å²) < 4.78 is 4.76. The van der Waals surface area contributed by atoms with Crippen LogP contribution in [0.15, 0.2) is 5.38 Å². The SMILES string of the molecule is COC(=O)c1c(C)csc1NC(=O)N1C[C@@H]2CCC[C@@]2(C(=O)O)C1. The zero-order chi connectivity index (χ0) is 17.5. The van der Waals surface area contributed by atoms with Gasteiger partial charge in [0.05, 0.1) is 18.1 Å². The van der Waals surface area contributed by atoms with E-state index >= 15 is 0 Å². The summed E-state index contributed by atoms with van der Waals surface area (Å²) in [4.78, 5) is 37.7. The lowest BCUT2D eigenvalue weighted by Crippen LogP contribution is -2.38. The average molecular weight is 352 g/mol. The molecule has 0 aromatic carbocycles. The van der Waals surface area contributed by atoms with Crippen LogP contribution in [0, 0.1) is 18.3 Å². The van der Waals surface area contributed by atoms with Crippen LogP contribution in [0.3, 0.4) is 0 Å². The number of thiophene rings is 1. The number of amides is 2. The zero-order valence-electron chi connectivity index (χ0n) is 13.6. The lowest BCUT2D eigenvalue weighted by Gasteiger charge is -2.23. The lowest BCUT2D eigenvalue weighted by molar-refractivity contribution is -0.149. The molecular formula is C16H20N2O5S. The number of rotatable bonds is 3. The van der Waals surface area contributed by atoms with E-state index in [1.165, 1.54) is 18.4 Å². The van der Waals surface area contributed by atoms with Crippen molar-refractivity contribution >= 4 is 34.3 Å². The van der Waals surface area contributed by atoms with Gasteiger partial charge in [0.2, 0.25) is 0 Å². The molecule has 3 rings (SSSR count). The van der Waals surface area contributed by atoms with E-state index in [4.69, 9.17) is 4.74 Å². The monoisotopic (exact) mass is 352 g/mol. The number of urea groups is 1. The number of carboxylic acids is 1. The minimum atomic E-state index is -0.817. The highest BCUT2D eigenvalue weighted by atomic mass is 32.1. The Labute approximate surface area is 143 Å². The maximum absolute atomic E-state index is 12.6. The van der Waals surface area contributed by atoms with Crippen molar-refractivity contribution in [1.82, 2.24) is 4.90 Å². The number of nitrogens with zero attached hydrogens (tertiary/aromatic N) is 1. The van der Waals surface area contributed by atoms with E-state index in [-0.39, 0.29) is 18.5 Å². The smallest absolute Gasteiger partial charge is 0.341 e. The molecule has 1 aliphatic carbocycles. The van der Waals surface area contributed by atoms with Gasteiger partial charge in [0.1, 0.15) is 5.00 Å². The fraction of sp³-hybridized carbons (Fsp3) is 0.562. The standard InChI is InChI=1S/C16H20N2O5S/c1-9-7-24-12(11(9)13(19)23-2)17-15(22)18-6-10-4-3-5-16(10,8-18)14(20)21/h7,10H,3-6,8H2,1-2H3,(H,17,22)(H,20,21)/t10-,16+/m0/s1. The highest BCUT2D eigenvalue weighted by Gasteiger charge is 2.55. The number of esters is 1. The normalized spacial score (nSPS) is 25.4. The Bertz CT molecular complexity index is 701. The first kappa shape index (κ1) is 16.8. The summed E-state index contributed by atoms with van der Waals surface area (Å²) in [5.74, 6) is -1.31. The van der Waals surface area contributed by atoms with Crippen LogP contribution in [-0.4, -0.2) is 48.2 Å². The molecule has 0 spiro atoms. The van der Waals surface area contributed by atoms with Crippen molar-refractivity contribution in [3.63, 3.8) is 0 Å². The summed E-state index contributed by atoms with van der Waals surface area (Å²) in [6.07, 6.45) is 2.34. The highest BCUT2D eigenvalue weighted by Crippen LogP contribution is 2.49. The highest BCUT2D eigenvalue weighted by molar-refractivity contribution is 7.15. The van der Waals surface area contributed by atoms with E-state index in [1.807, 2.05) is 0 Å². The van der Waals surface area contributed by atoms with Gasteiger partial charge in [-0.1, -0.05) is 6.42 Å². The fourth-order valence-corrected chi connectivity index (χ4v) is 4.78. The molecule has 2 amide bonds. The van der Waals surface area contributed by atoms with Gasteiger partial charge in [0.25, 0.3) is 0 Å². The topological polar surface area (TPSA) is 95.9 Å². The van der Waals surface area contributed by atoms with Gasteiger partial charge in [0, 0.05) is 13.1 Å². The molecule has 0 unspecified atom stereocenters. The van der Waals surface area contributed by atoms with Crippen LogP contribution < -0.4 is 5.32 Å². The third-order valence-electron chi connectivity index (χ3n) is 5.17. The first-order chi connectivity index (χ1) is 11.4. The molecule has 1 aromatic rings. The number of hydrogen-bond donors (Lipinski definition) is 2. The van der Waals surface area contributed by atoms with Gasteiger partial charge >= 0.3 is 18.0 Å². The Kier molecular flexibility index (Phi) is 4.25. The second-order valence-corrected chi connectivity index (χ2v) is 7.36. The number of methoxy groups -OCH3 is 1. The van der Waals surface area contributed by atoms with Crippen LogP contribution in [-0.2, 0) is 9.53 Å². The van der Waals surface area contributed by atoms with Crippen LogP contribution >= 0.6 is 11.3 Å². The van der Waals surface area contributed by atoms with Crippen molar-refractivity contribution in [3.05, 3.63) is 16.5 Å². The van der Waals surface area contributed by atoms with Gasteiger partial charge in [0.15, 0.2) is 0 Å². The molecule has 2 heterocycles. The molecule has 24 heavy (non-hydrogen) atoms. The number of carbonyl (C=O) groups excluding carboxylic acids is 2. The third-order valence-corrected chi connectivity index (χ3v) is 6.18. The number of ether oxygens (including phenoxy) is 1. The minimum absolute atomic E-state index is 0.00546. The van der Waals surface area contributed by atoms with Crippen molar-refractivity contribution in [1.29, 1.82) is 0 Å². The van der Waals surface area contributed by atoms with E-state index in [0.717, 1.165) is 18.4 Å². The Morgan fingerprint density at radius 2 is 2.21 bits per heavy atom. The van der Waals surface area contributed by atoms with Crippen molar-refractivity contribution in [2.45, 2.75) is 26.2 Å². The molecule has 2 fully saturated rings. The third kappa shape index (κ3) is 2.54. The molecule has 1 aliphatic heterocycles. The number of carbonyl (C=O) groups is 3. The largest absolute Gasteiger partial charge is 0.481 e. The molecule has 2 N–H and O–H groups in total. The van der Waals surface area contributed by atoms with Gasteiger partial charge in [-0.3, -0.25) is 10.1 Å². The van der Waals surface area contributed by atoms with Crippen molar-refractivity contribution in [2.75, 3.05) is 25.5 Å². The van der Waals surface area contributed by atoms with E-state index < -0.39 is 17.4 Å². The number of likely N-dealkylation sites (tertiary alicyclic amines) is 1. The van der Waals surface area contributed by atoms with E-state index in [0.29, 0.717) is 23.5 Å². The maximum Gasteiger partial charge on any atom is 0.341 e. The quantitative estimate of drug-likeness (QED) is 0.815. The molecule has 8 heteroatoms. The Morgan fingerprint density at radius 1 is 1.46 bits per heavy atom.